The minimum Gasteiger partial charge on any atom is -0.406 e. The fourth-order valence-electron chi connectivity index (χ4n) is 4.00. The van der Waals surface area contributed by atoms with Crippen molar-refractivity contribution in [2.75, 3.05) is 50.4 Å². The Morgan fingerprint density at radius 1 is 1.00 bits per heavy atom. The predicted molar refractivity (Wildman–Crippen MR) is 136 cm³/mol. The number of alkyl halides is 3. The number of halogens is 3. The third-order valence-electron chi connectivity index (χ3n) is 6.02. The summed E-state index contributed by atoms with van der Waals surface area (Å²) in [6.45, 7) is 4.90. The van der Waals surface area contributed by atoms with Gasteiger partial charge < -0.3 is 20.3 Å². The number of amides is 2. The average Bonchev–Trinajstić information content (AvgIpc) is 2.85. The standard InChI is InChI=1S/C26H27F3N6O3/c1-17-5-3-4-6-19(17)22-14-31-23(15-30-22)33-25(37)20-8-7-18(38-26(27,28)29)13-21(20)32-24(36)16-35-11-9-34(2)10-12-35/h3-8,13-15H,9-12,16H2,1-2H3,(H,32,36)(H,31,33,37). The van der Waals surface area contributed by atoms with Crippen LogP contribution in [0.5, 0.6) is 5.75 Å². The Hall–Kier alpha value is -4.03. The number of aromatic nitrogens is 2. The maximum absolute atomic E-state index is 13.0. The maximum atomic E-state index is 13.0. The zero-order valence-corrected chi connectivity index (χ0v) is 20.9. The number of nitrogens with one attached hydrogen (secondary N) is 2. The van der Waals surface area contributed by atoms with Crippen molar-refractivity contribution < 1.29 is 27.5 Å². The first kappa shape index (κ1) is 27.0. The van der Waals surface area contributed by atoms with Crippen LogP contribution in [-0.4, -0.2) is 77.7 Å². The van der Waals surface area contributed by atoms with Crippen LogP contribution < -0.4 is 15.4 Å². The number of rotatable bonds is 7. The number of benzene rings is 2. The van der Waals surface area contributed by atoms with Crippen molar-refractivity contribution in [1.29, 1.82) is 0 Å². The molecule has 1 aromatic heterocycles. The molecule has 2 heterocycles. The van der Waals surface area contributed by atoms with Gasteiger partial charge >= 0.3 is 6.36 Å². The van der Waals surface area contributed by atoms with Crippen molar-refractivity contribution >= 4 is 23.3 Å². The van der Waals surface area contributed by atoms with Crippen LogP contribution in [0.2, 0.25) is 0 Å². The Labute approximate surface area is 217 Å². The summed E-state index contributed by atoms with van der Waals surface area (Å²) >= 11 is 0. The van der Waals surface area contributed by atoms with Gasteiger partial charge in [-0.1, -0.05) is 24.3 Å². The molecule has 0 spiro atoms. The van der Waals surface area contributed by atoms with E-state index in [4.69, 9.17) is 0 Å². The minimum atomic E-state index is -4.93. The fraction of sp³-hybridized carbons (Fsp3) is 0.308. The first-order valence-corrected chi connectivity index (χ1v) is 11.9. The van der Waals surface area contributed by atoms with E-state index in [1.807, 2.05) is 43.1 Å². The van der Waals surface area contributed by atoms with E-state index in [0.717, 1.165) is 42.4 Å². The molecule has 200 valence electrons. The fourth-order valence-corrected chi connectivity index (χ4v) is 4.00. The molecule has 1 fully saturated rings. The number of hydrogen-bond donors (Lipinski definition) is 2. The monoisotopic (exact) mass is 528 g/mol. The summed E-state index contributed by atoms with van der Waals surface area (Å²) in [5.41, 5.74) is 2.34. The molecule has 2 N–H and O–H groups in total. The second kappa shape index (κ2) is 11.6. The number of likely N-dealkylation sites (N-methyl/N-ethyl adjacent to an activating group) is 1. The van der Waals surface area contributed by atoms with E-state index in [-0.39, 0.29) is 23.6 Å². The van der Waals surface area contributed by atoms with Gasteiger partial charge in [-0.05, 0) is 31.7 Å². The number of carbonyl (C=O) groups excluding carboxylic acids is 2. The molecule has 38 heavy (non-hydrogen) atoms. The van der Waals surface area contributed by atoms with Gasteiger partial charge in [-0.3, -0.25) is 19.5 Å². The van der Waals surface area contributed by atoms with Crippen molar-refractivity contribution in [1.82, 2.24) is 19.8 Å². The van der Waals surface area contributed by atoms with Gasteiger partial charge in [0.15, 0.2) is 5.82 Å². The van der Waals surface area contributed by atoms with Crippen LogP contribution in [0, 0.1) is 6.92 Å². The zero-order valence-electron chi connectivity index (χ0n) is 20.9. The predicted octanol–water partition coefficient (Wildman–Crippen LogP) is 3.79. The molecule has 1 saturated heterocycles. The molecular weight excluding hydrogens is 501 g/mol. The van der Waals surface area contributed by atoms with E-state index < -0.39 is 23.9 Å². The topological polar surface area (TPSA) is 99.7 Å². The maximum Gasteiger partial charge on any atom is 0.573 e. The summed E-state index contributed by atoms with van der Waals surface area (Å²) in [4.78, 5) is 38.4. The van der Waals surface area contributed by atoms with E-state index in [9.17, 15) is 22.8 Å². The first-order chi connectivity index (χ1) is 18.1. The molecule has 1 aliphatic rings. The third-order valence-corrected chi connectivity index (χ3v) is 6.02. The molecule has 0 unspecified atom stereocenters. The summed E-state index contributed by atoms with van der Waals surface area (Å²) in [6.07, 6.45) is -2.04. The molecular formula is C26H27F3N6O3. The lowest BCUT2D eigenvalue weighted by Gasteiger charge is -2.31. The molecule has 0 aliphatic carbocycles. The van der Waals surface area contributed by atoms with E-state index in [0.29, 0.717) is 18.8 Å². The lowest BCUT2D eigenvalue weighted by Crippen LogP contribution is -2.47. The molecule has 9 nitrogen and oxygen atoms in total. The molecule has 3 aromatic rings. The van der Waals surface area contributed by atoms with Crippen LogP contribution in [-0.2, 0) is 4.79 Å². The van der Waals surface area contributed by atoms with Crippen LogP contribution in [0.4, 0.5) is 24.7 Å². The van der Waals surface area contributed by atoms with E-state index in [2.05, 4.69) is 30.2 Å². The molecule has 0 radical (unpaired) electrons. The summed E-state index contributed by atoms with van der Waals surface area (Å²) in [6, 6.07) is 10.8. The molecule has 2 aromatic carbocycles. The van der Waals surface area contributed by atoms with Gasteiger partial charge in [0.05, 0.1) is 35.9 Å². The minimum absolute atomic E-state index is 0.0328. The zero-order chi connectivity index (χ0) is 27.3. The van der Waals surface area contributed by atoms with Crippen molar-refractivity contribution in [3.8, 4) is 17.0 Å². The summed E-state index contributed by atoms with van der Waals surface area (Å²) in [5, 5.41) is 5.14. The quantitative estimate of drug-likeness (QED) is 0.482. The molecule has 0 saturated carbocycles. The molecule has 0 atom stereocenters. The van der Waals surface area contributed by atoms with E-state index >= 15 is 0 Å². The van der Waals surface area contributed by atoms with E-state index in [1.165, 1.54) is 12.4 Å². The number of carbonyl (C=O) groups is 2. The van der Waals surface area contributed by atoms with Gasteiger partial charge in [0, 0.05) is 37.8 Å². The SMILES string of the molecule is Cc1ccccc1-c1cnc(NC(=O)c2ccc(OC(F)(F)F)cc2NC(=O)CN2CCN(C)CC2)cn1. The van der Waals surface area contributed by atoms with Crippen LogP contribution in [0.15, 0.2) is 54.9 Å². The van der Waals surface area contributed by atoms with Crippen molar-refractivity contribution in [3.63, 3.8) is 0 Å². The van der Waals surface area contributed by atoms with Crippen molar-refractivity contribution in [2.45, 2.75) is 13.3 Å². The highest BCUT2D eigenvalue weighted by molar-refractivity contribution is 6.10. The Balaban J connectivity index is 1.51. The van der Waals surface area contributed by atoms with Crippen LogP contribution in [0.1, 0.15) is 15.9 Å². The molecule has 0 bridgehead atoms. The summed E-state index contributed by atoms with van der Waals surface area (Å²) in [7, 11) is 1.98. The highest BCUT2D eigenvalue weighted by Gasteiger charge is 2.31. The second-order valence-electron chi connectivity index (χ2n) is 8.94. The number of piperazine rings is 1. The van der Waals surface area contributed by atoms with Crippen LogP contribution >= 0.6 is 0 Å². The Morgan fingerprint density at radius 2 is 1.74 bits per heavy atom. The normalized spacial score (nSPS) is 14.7. The summed E-state index contributed by atoms with van der Waals surface area (Å²) < 4.78 is 42.3. The summed E-state index contributed by atoms with van der Waals surface area (Å²) in [5.74, 6) is -1.57. The molecule has 4 rings (SSSR count). The smallest absolute Gasteiger partial charge is 0.406 e. The van der Waals surface area contributed by atoms with Gasteiger partial charge in [0.25, 0.3) is 5.91 Å². The van der Waals surface area contributed by atoms with Gasteiger partial charge in [0.2, 0.25) is 5.91 Å². The third kappa shape index (κ3) is 7.26. The molecule has 12 heteroatoms. The van der Waals surface area contributed by atoms with Gasteiger partial charge in [0.1, 0.15) is 5.75 Å². The number of ether oxygens (including phenoxy) is 1. The Bertz CT molecular complexity index is 1290. The average molecular weight is 529 g/mol. The van der Waals surface area contributed by atoms with Gasteiger partial charge in [-0.2, -0.15) is 0 Å². The number of hydrogen-bond acceptors (Lipinski definition) is 7. The van der Waals surface area contributed by atoms with Crippen LogP contribution in [0.25, 0.3) is 11.3 Å². The van der Waals surface area contributed by atoms with Gasteiger partial charge in [-0.25, -0.2) is 4.98 Å². The highest BCUT2D eigenvalue weighted by atomic mass is 19.4. The second-order valence-corrected chi connectivity index (χ2v) is 8.94. The van der Waals surface area contributed by atoms with Crippen molar-refractivity contribution in [3.05, 3.63) is 66.0 Å². The first-order valence-electron chi connectivity index (χ1n) is 11.9. The number of nitrogens with zero attached hydrogens (tertiary/aromatic N) is 4. The molecule has 2 amide bonds. The lowest BCUT2D eigenvalue weighted by atomic mass is 10.1. The lowest BCUT2D eigenvalue weighted by molar-refractivity contribution is -0.274. The highest BCUT2D eigenvalue weighted by Crippen LogP contribution is 2.28. The Morgan fingerprint density at radius 3 is 2.39 bits per heavy atom. The van der Waals surface area contributed by atoms with Gasteiger partial charge in [-0.15, -0.1) is 13.2 Å². The molecule has 1 aliphatic heterocycles. The number of anilines is 2. The number of aryl methyl sites for hydroxylation is 1. The Kier molecular flexibility index (Phi) is 8.23. The van der Waals surface area contributed by atoms with Crippen molar-refractivity contribution in [2.24, 2.45) is 0 Å². The largest absolute Gasteiger partial charge is 0.573 e. The van der Waals surface area contributed by atoms with E-state index in [1.54, 1.807) is 0 Å². The van der Waals surface area contributed by atoms with Crippen LogP contribution in [0.3, 0.4) is 0 Å².